The highest BCUT2D eigenvalue weighted by atomic mass is 35.5. The van der Waals surface area contributed by atoms with Crippen molar-refractivity contribution >= 4 is 34.2 Å². The molecule has 7 heteroatoms. The number of H-pyrrole nitrogens is 1. The Labute approximate surface area is 162 Å². The third-order valence-electron chi connectivity index (χ3n) is 5.13. The maximum Gasteiger partial charge on any atom is 0.326 e. The lowest BCUT2D eigenvalue weighted by Crippen LogP contribution is -2.35. The van der Waals surface area contributed by atoms with Gasteiger partial charge < -0.3 is 14.8 Å². The molecule has 1 aliphatic heterocycles. The van der Waals surface area contributed by atoms with Gasteiger partial charge in [-0.15, -0.1) is 0 Å². The standard InChI is InChI=1S/C20H21ClN4O2/c1-23-18-13-14(7-8-16(18)22-20(23)27)19(26)25-10-4-9-24(11-12-25)17-6-3-2-5-15(17)21/h2-3,5-8,13H,4,9-12H2,1H3,(H,22,27). The molecule has 6 nitrogen and oxygen atoms in total. The van der Waals surface area contributed by atoms with Crippen LogP contribution < -0.4 is 10.6 Å². The fourth-order valence-electron chi connectivity index (χ4n) is 3.61. The normalized spacial score (nSPS) is 15.2. The number of aromatic amines is 1. The first-order chi connectivity index (χ1) is 13.0. The molecule has 1 amide bonds. The van der Waals surface area contributed by atoms with Crippen molar-refractivity contribution in [3.63, 3.8) is 0 Å². The first-order valence-electron chi connectivity index (χ1n) is 9.02. The van der Waals surface area contributed by atoms with E-state index in [1.807, 2.05) is 29.2 Å². The highest BCUT2D eigenvalue weighted by Gasteiger charge is 2.22. The lowest BCUT2D eigenvalue weighted by atomic mass is 10.1. The second-order valence-electron chi connectivity index (χ2n) is 6.81. The average Bonchev–Trinajstić information content (AvgIpc) is 2.85. The Hall–Kier alpha value is -2.73. The summed E-state index contributed by atoms with van der Waals surface area (Å²) in [5.41, 5.74) is 2.90. The molecular weight excluding hydrogens is 364 g/mol. The molecule has 1 N–H and O–H groups in total. The number of nitrogens with zero attached hydrogens (tertiary/aromatic N) is 3. The summed E-state index contributed by atoms with van der Waals surface area (Å²) in [7, 11) is 1.70. The van der Waals surface area contributed by atoms with Crippen LogP contribution in [0, 0.1) is 0 Å². The van der Waals surface area contributed by atoms with E-state index >= 15 is 0 Å². The number of nitrogens with one attached hydrogen (secondary N) is 1. The van der Waals surface area contributed by atoms with Gasteiger partial charge in [-0.1, -0.05) is 23.7 Å². The van der Waals surface area contributed by atoms with E-state index in [0.29, 0.717) is 18.7 Å². The molecular formula is C20H21ClN4O2. The van der Waals surface area contributed by atoms with Crippen molar-refractivity contribution in [1.29, 1.82) is 0 Å². The lowest BCUT2D eigenvalue weighted by Gasteiger charge is -2.24. The van der Waals surface area contributed by atoms with E-state index in [1.165, 1.54) is 4.57 Å². The minimum absolute atomic E-state index is 0.00782. The van der Waals surface area contributed by atoms with Crippen molar-refractivity contribution < 1.29 is 4.79 Å². The molecule has 1 fully saturated rings. The number of aryl methyl sites for hydroxylation is 1. The Morgan fingerprint density at radius 2 is 1.89 bits per heavy atom. The van der Waals surface area contributed by atoms with Crippen LogP contribution in [0.15, 0.2) is 47.3 Å². The molecule has 0 unspecified atom stereocenters. The number of aromatic nitrogens is 2. The van der Waals surface area contributed by atoms with Gasteiger partial charge in [0.05, 0.1) is 21.7 Å². The first kappa shape index (κ1) is 17.7. The van der Waals surface area contributed by atoms with Crippen LogP contribution in [0.2, 0.25) is 5.02 Å². The van der Waals surface area contributed by atoms with E-state index < -0.39 is 0 Å². The van der Waals surface area contributed by atoms with Crippen LogP contribution in [0.1, 0.15) is 16.8 Å². The van der Waals surface area contributed by atoms with Crippen molar-refractivity contribution in [3.05, 3.63) is 63.5 Å². The molecule has 0 radical (unpaired) electrons. The molecule has 0 atom stereocenters. The number of amides is 1. The Morgan fingerprint density at radius 3 is 2.70 bits per heavy atom. The van der Waals surface area contributed by atoms with Crippen LogP contribution in [0.4, 0.5) is 5.69 Å². The molecule has 0 bridgehead atoms. The van der Waals surface area contributed by atoms with Gasteiger partial charge in [-0.05, 0) is 36.8 Å². The molecule has 2 aromatic carbocycles. The lowest BCUT2D eigenvalue weighted by molar-refractivity contribution is 0.0767. The number of benzene rings is 2. The van der Waals surface area contributed by atoms with E-state index in [4.69, 9.17) is 11.6 Å². The number of hydrogen-bond acceptors (Lipinski definition) is 3. The van der Waals surface area contributed by atoms with Crippen LogP contribution in [-0.4, -0.2) is 46.5 Å². The number of para-hydroxylation sites is 1. The number of halogens is 1. The number of carbonyl (C=O) groups is 1. The highest BCUT2D eigenvalue weighted by molar-refractivity contribution is 6.33. The third kappa shape index (κ3) is 3.32. The molecule has 0 aliphatic carbocycles. The number of carbonyl (C=O) groups excluding carboxylic acids is 1. The maximum absolute atomic E-state index is 13.0. The predicted molar refractivity (Wildman–Crippen MR) is 108 cm³/mol. The third-order valence-corrected chi connectivity index (χ3v) is 5.45. The first-order valence-corrected chi connectivity index (χ1v) is 9.40. The fraction of sp³-hybridized carbons (Fsp3) is 0.300. The minimum Gasteiger partial charge on any atom is -0.368 e. The van der Waals surface area contributed by atoms with Crippen LogP contribution in [0.25, 0.3) is 11.0 Å². The quantitative estimate of drug-likeness (QED) is 0.739. The molecule has 2 heterocycles. The zero-order valence-corrected chi connectivity index (χ0v) is 15.9. The van der Waals surface area contributed by atoms with Gasteiger partial charge in [0.15, 0.2) is 0 Å². The summed E-state index contributed by atoms with van der Waals surface area (Å²) in [5, 5.41) is 0.733. The van der Waals surface area contributed by atoms with Gasteiger partial charge >= 0.3 is 5.69 Å². The molecule has 1 aliphatic rings. The largest absolute Gasteiger partial charge is 0.368 e. The number of imidazole rings is 1. The van der Waals surface area contributed by atoms with Crippen LogP contribution in [-0.2, 0) is 7.05 Å². The zero-order chi connectivity index (χ0) is 19.0. The average molecular weight is 385 g/mol. The van der Waals surface area contributed by atoms with Crippen molar-refractivity contribution in [2.75, 3.05) is 31.1 Å². The number of fused-ring (bicyclic) bond motifs is 1. The van der Waals surface area contributed by atoms with E-state index in [0.717, 1.165) is 41.3 Å². The monoisotopic (exact) mass is 384 g/mol. The fourth-order valence-corrected chi connectivity index (χ4v) is 3.86. The van der Waals surface area contributed by atoms with Gasteiger partial charge in [0.1, 0.15) is 0 Å². The summed E-state index contributed by atoms with van der Waals surface area (Å²) in [4.78, 5) is 31.7. The Balaban J connectivity index is 1.54. The molecule has 1 saturated heterocycles. The Kier molecular flexibility index (Phi) is 4.66. The molecule has 27 heavy (non-hydrogen) atoms. The number of anilines is 1. The van der Waals surface area contributed by atoms with Crippen molar-refractivity contribution in [2.45, 2.75) is 6.42 Å². The summed E-state index contributed by atoms with van der Waals surface area (Å²) in [6.07, 6.45) is 0.877. The molecule has 140 valence electrons. The smallest absolute Gasteiger partial charge is 0.326 e. The minimum atomic E-state index is -0.181. The number of hydrogen-bond donors (Lipinski definition) is 1. The van der Waals surface area contributed by atoms with Crippen molar-refractivity contribution in [2.24, 2.45) is 7.05 Å². The Bertz CT molecular complexity index is 1060. The molecule has 4 rings (SSSR count). The van der Waals surface area contributed by atoms with E-state index in [2.05, 4.69) is 9.88 Å². The summed E-state index contributed by atoms with van der Waals surface area (Å²) >= 11 is 6.32. The second kappa shape index (κ2) is 7.12. The summed E-state index contributed by atoms with van der Waals surface area (Å²) in [5.74, 6) is -0.00782. The van der Waals surface area contributed by atoms with Gasteiger partial charge in [-0.25, -0.2) is 4.79 Å². The summed E-state index contributed by atoms with van der Waals surface area (Å²) < 4.78 is 1.52. The maximum atomic E-state index is 13.0. The van der Waals surface area contributed by atoms with Crippen LogP contribution in [0.5, 0.6) is 0 Å². The summed E-state index contributed by atoms with van der Waals surface area (Å²) in [6.45, 7) is 2.93. The van der Waals surface area contributed by atoms with Crippen molar-refractivity contribution in [1.82, 2.24) is 14.5 Å². The second-order valence-corrected chi connectivity index (χ2v) is 7.21. The Morgan fingerprint density at radius 1 is 1.07 bits per heavy atom. The SMILES string of the molecule is Cn1c(=O)[nH]c2ccc(C(=O)N3CCCN(c4ccccc4Cl)CC3)cc21. The molecule has 1 aromatic heterocycles. The molecule has 0 spiro atoms. The van der Waals surface area contributed by atoms with Crippen molar-refractivity contribution in [3.8, 4) is 0 Å². The summed E-state index contributed by atoms with van der Waals surface area (Å²) in [6, 6.07) is 13.2. The predicted octanol–water partition coefficient (Wildman–Crippen LogP) is 2.87. The molecule has 3 aromatic rings. The van der Waals surface area contributed by atoms with Gasteiger partial charge in [0, 0.05) is 38.8 Å². The highest BCUT2D eigenvalue weighted by Crippen LogP contribution is 2.26. The van der Waals surface area contributed by atoms with Crippen LogP contribution >= 0.6 is 11.6 Å². The van der Waals surface area contributed by atoms with Gasteiger partial charge in [-0.3, -0.25) is 9.36 Å². The molecule has 0 saturated carbocycles. The van der Waals surface area contributed by atoms with Gasteiger partial charge in [0.2, 0.25) is 0 Å². The topological polar surface area (TPSA) is 61.3 Å². The van der Waals surface area contributed by atoms with E-state index in [1.54, 1.807) is 25.2 Å². The van der Waals surface area contributed by atoms with E-state index in [-0.39, 0.29) is 11.6 Å². The van der Waals surface area contributed by atoms with E-state index in [9.17, 15) is 9.59 Å². The zero-order valence-electron chi connectivity index (χ0n) is 15.1. The number of rotatable bonds is 2. The van der Waals surface area contributed by atoms with Crippen LogP contribution in [0.3, 0.4) is 0 Å². The van der Waals surface area contributed by atoms with Gasteiger partial charge in [-0.2, -0.15) is 0 Å². The van der Waals surface area contributed by atoms with Gasteiger partial charge in [0.25, 0.3) is 5.91 Å².